The number of hydrogen-bond acceptors (Lipinski definition) is 5. The minimum absolute atomic E-state index is 0.260. The Morgan fingerprint density at radius 2 is 2.11 bits per heavy atom. The molecule has 1 aromatic heterocycles. The monoisotopic (exact) mass is 249 g/mol. The van der Waals surface area contributed by atoms with Crippen molar-refractivity contribution in [3.63, 3.8) is 0 Å². The van der Waals surface area contributed by atoms with Crippen LogP contribution in [-0.2, 0) is 4.79 Å². The molecule has 1 amide bonds. The van der Waals surface area contributed by atoms with Gasteiger partial charge in [-0.3, -0.25) is 14.7 Å². The number of carbonyl (C=O) groups excluding carboxylic acids is 1. The molecule has 18 heavy (non-hydrogen) atoms. The van der Waals surface area contributed by atoms with Gasteiger partial charge in [-0.05, 0) is 25.9 Å². The molecule has 6 heteroatoms. The van der Waals surface area contributed by atoms with Crippen LogP contribution in [0.1, 0.15) is 24.5 Å². The summed E-state index contributed by atoms with van der Waals surface area (Å²) in [5.74, 6) is 1.000. The molecule has 3 N–H and O–H groups in total. The zero-order valence-electron chi connectivity index (χ0n) is 10.6. The van der Waals surface area contributed by atoms with Crippen molar-refractivity contribution in [3.8, 4) is 0 Å². The SMILES string of the molecule is CNc1nccnc1C1CCN(CC(N)=O)CC1. The van der Waals surface area contributed by atoms with Gasteiger partial charge in [-0.25, -0.2) is 4.98 Å². The summed E-state index contributed by atoms with van der Waals surface area (Å²) in [6.45, 7) is 2.12. The number of amides is 1. The van der Waals surface area contributed by atoms with Crippen molar-refractivity contribution in [1.82, 2.24) is 14.9 Å². The van der Waals surface area contributed by atoms with Gasteiger partial charge in [0.1, 0.15) is 5.82 Å². The van der Waals surface area contributed by atoms with E-state index in [1.807, 2.05) is 7.05 Å². The lowest BCUT2D eigenvalue weighted by Gasteiger charge is -2.31. The summed E-state index contributed by atoms with van der Waals surface area (Å²) < 4.78 is 0. The Labute approximate surface area is 107 Å². The van der Waals surface area contributed by atoms with Gasteiger partial charge in [0.2, 0.25) is 5.91 Å². The number of anilines is 1. The minimum atomic E-state index is -0.260. The summed E-state index contributed by atoms with van der Waals surface area (Å²) in [7, 11) is 1.86. The Balaban J connectivity index is 1.99. The molecule has 1 aliphatic rings. The van der Waals surface area contributed by atoms with E-state index >= 15 is 0 Å². The summed E-state index contributed by atoms with van der Waals surface area (Å²) in [4.78, 5) is 21.7. The van der Waals surface area contributed by atoms with Crippen LogP contribution in [0.3, 0.4) is 0 Å². The number of rotatable bonds is 4. The molecule has 0 unspecified atom stereocenters. The van der Waals surface area contributed by atoms with Crippen LogP contribution in [0.4, 0.5) is 5.82 Å². The Hall–Kier alpha value is -1.69. The fourth-order valence-electron chi connectivity index (χ4n) is 2.43. The molecule has 0 aromatic carbocycles. The van der Waals surface area contributed by atoms with Crippen molar-refractivity contribution >= 4 is 11.7 Å². The van der Waals surface area contributed by atoms with Crippen LogP contribution in [0, 0.1) is 0 Å². The molecule has 0 radical (unpaired) electrons. The van der Waals surface area contributed by atoms with E-state index in [0.717, 1.165) is 37.4 Å². The third-order valence-electron chi connectivity index (χ3n) is 3.32. The molecule has 98 valence electrons. The van der Waals surface area contributed by atoms with Crippen LogP contribution >= 0.6 is 0 Å². The molecule has 1 saturated heterocycles. The molecule has 1 fully saturated rings. The number of likely N-dealkylation sites (tertiary alicyclic amines) is 1. The van der Waals surface area contributed by atoms with Crippen molar-refractivity contribution in [3.05, 3.63) is 18.1 Å². The number of nitrogens with zero attached hydrogens (tertiary/aromatic N) is 3. The number of aromatic nitrogens is 2. The van der Waals surface area contributed by atoms with Crippen molar-refractivity contribution in [2.75, 3.05) is 32.0 Å². The maximum Gasteiger partial charge on any atom is 0.231 e. The molecule has 1 aliphatic heterocycles. The highest BCUT2D eigenvalue weighted by Crippen LogP contribution is 2.29. The molecule has 0 aliphatic carbocycles. The molecule has 2 heterocycles. The second kappa shape index (κ2) is 5.77. The third kappa shape index (κ3) is 2.95. The van der Waals surface area contributed by atoms with Crippen LogP contribution in [0.25, 0.3) is 0 Å². The highest BCUT2D eigenvalue weighted by molar-refractivity contribution is 5.75. The number of piperidine rings is 1. The number of nitrogens with one attached hydrogen (secondary N) is 1. The van der Waals surface area contributed by atoms with Crippen molar-refractivity contribution in [1.29, 1.82) is 0 Å². The van der Waals surface area contributed by atoms with Crippen LogP contribution in [-0.4, -0.2) is 47.5 Å². The third-order valence-corrected chi connectivity index (χ3v) is 3.32. The number of hydrogen-bond donors (Lipinski definition) is 2. The van der Waals surface area contributed by atoms with E-state index in [2.05, 4.69) is 20.2 Å². The van der Waals surface area contributed by atoms with E-state index in [-0.39, 0.29) is 5.91 Å². The topological polar surface area (TPSA) is 84.1 Å². The summed E-state index contributed by atoms with van der Waals surface area (Å²) in [6, 6.07) is 0. The van der Waals surface area contributed by atoms with Crippen molar-refractivity contribution in [2.45, 2.75) is 18.8 Å². The summed E-state index contributed by atoms with van der Waals surface area (Å²) in [5.41, 5.74) is 6.23. The first-order valence-corrected chi connectivity index (χ1v) is 6.20. The smallest absolute Gasteiger partial charge is 0.231 e. The molecular formula is C12H19N5O. The fourth-order valence-corrected chi connectivity index (χ4v) is 2.43. The van der Waals surface area contributed by atoms with E-state index < -0.39 is 0 Å². The summed E-state index contributed by atoms with van der Waals surface area (Å²) >= 11 is 0. The van der Waals surface area contributed by atoms with Crippen molar-refractivity contribution in [2.24, 2.45) is 5.73 Å². The maximum atomic E-state index is 10.9. The Morgan fingerprint density at radius 3 is 2.72 bits per heavy atom. The minimum Gasteiger partial charge on any atom is -0.372 e. The van der Waals surface area contributed by atoms with Crippen LogP contribution < -0.4 is 11.1 Å². The lowest BCUT2D eigenvalue weighted by atomic mass is 9.93. The highest BCUT2D eigenvalue weighted by Gasteiger charge is 2.24. The normalized spacial score (nSPS) is 17.6. The van der Waals surface area contributed by atoms with Gasteiger partial charge in [-0.1, -0.05) is 0 Å². The lowest BCUT2D eigenvalue weighted by molar-refractivity contribution is -0.119. The molecular weight excluding hydrogens is 230 g/mol. The Bertz CT molecular complexity index is 415. The van der Waals surface area contributed by atoms with Crippen molar-refractivity contribution < 1.29 is 4.79 Å². The average Bonchev–Trinajstić information content (AvgIpc) is 2.39. The molecule has 0 bridgehead atoms. The van der Waals surface area contributed by atoms with Gasteiger partial charge in [0.25, 0.3) is 0 Å². The predicted octanol–water partition coefficient (Wildman–Crippen LogP) is 0.183. The van der Waals surface area contributed by atoms with Crippen LogP contribution in [0.15, 0.2) is 12.4 Å². The summed E-state index contributed by atoms with van der Waals surface area (Å²) in [6.07, 6.45) is 5.39. The van der Waals surface area contributed by atoms with Gasteiger partial charge in [0, 0.05) is 25.4 Å². The van der Waals surface area contributed by atoms with Gasteiger partial charge in [0.05, 0.1) is 12.2 Å². The van der Waals surface area contributed by atoms with Crippen LogP contribution in [0.5, 0.6) is 0 Å². The van der Waals surface area contributed by atoms with Gasteiger partial charge in [-0.15, -0.1) is 0 Å². The average molecular weight is 249 g/mol. The number of carbonyl (C=O) groups is 1. The van der Waals surface area contributed by atoms with E-state index in [0.29, 0.717) is 12.5 Å². The first-order valence-electron chi connectivity index (χ1n) is 6.20. The van der Waals surface area contributed by atoms with E-state index in [9.17, 15) is 4.79 Å². The first kappa shape index (κ1) is 12.8. The predicted molar refractivity (Wildman–Crippen MR) is 69.2 cm³/mol. The lowest BCUT2D eigenvalue weighted by Crippen LogP contribution is -2.39. The molecule has 0 spiro atoms. The quantitative estimate of drug-likeness (QED) is 0.795. The van der Waals surface area contributed by atoms with E-state index in [1.165, 1.54) is 0 Å². The largest absolute Gasteiger partial charge is 0.372 e. The highest BCUT2D eigenvalue weighted by atomic mass is 16.1. The zero-order valence-corrected chi connectivity index (χ0v) is 10.6. The Kier molecular flexibility index (Phi) is 4.09. The molecule has 6 nitrogen and oxygen atoms in total. The van der Waals surface area contributed by atoms with Crippen LogP contribution in [0.2, 0.25) is 0 Å². The van der Waals surface area contributed by atoms with E-state index in [4.69, 9.17) is 5.73 Å². The summed E-state index contributed by atoms with van der Waals surface area (Å²) in [5, 5.41) is 3.07. The van der Waals surface area contributed by atoms with Gasteiger partial charge in [0.15, 0.2) is 0 Å². The maximum absolute atomic E-state index is 10.9. The van der Waals surface area contributed by atoms with Gasteiger partial charge in [-0.2, -0.15) is 0 Å². The first-order chi connectivity index (χ1) is 8.70. The molecule has 1 aromatic rings. The molecule has 2 rings (SSSR count). The van der Waals surface area contributed by atoms with Gasteiger partial charge >= 0.3 is 0 Å². The molecule has 0 atom stereocenters. The standard InChI is InChI=1S/C12H19N5O/c1-14-12-11(15-4-5-16-12)9-2-6-17(7-3-9)8-10(13)18/h4-5,9H,2-3,6-8H2,1H3,(H2,13,18)(H,14,16). The Morgan fingerprint density at radius 1 is 1.44 bits per heavy atom. The number of nitrogens with two attached hydrogens (primary N) is 1. The second-order valence-electron chi connectivity index (χ2n) is 4.56. The van der Waals surface area contributed by atoms with Gasteiger partial charge < -0.3 is 11.1 Å². The van der Waals surface area contributed by atoms with E-state index in [1.54, 1.807) is 12.4 Å². The fraction of sp³-hybridized carbons (Fsp3) is 0.583. The zero-order chi connectivity index (χ0) is 13.0. The second-order valence-corrected chi connectivity index (χ2v) is 4.56. The molecule has 0 saturated carbocycles. The number of primary amides is 1.